The van der Waals surface area contributed by atoms with Crippen molar-refractivity contribution < 1.29 is 4.52 Å². The summed E-state index contributed by atoms with van der Waals surface area (Å²) in [6, 6.07) is 10.2. The van der Waals surface area contributed by atoms with Crippen LogP contribution in [0.25, 0.3) is 11.6 Å². The Morgan fingerprint density at radius 3 is 2.68 bits per heavy atom. The van der Waals surface area contributed by atoms with Gasteiger partial charge in [0.15, 0.2) is 5.82 Å². The third-order valence-electron chi connectivity index (χ3n) is 2.73. The van der Waals surface area contributed by atoms with Gasteiger partial charge in [-0.2, -0.15) is 4.98 Å². The number of hydrogen-bond acceptors (Lipinski definition) is 5. The lowest BCUT2D eigenvalue weighted by molar-refractivity contribution is 0.421. The second-order valence-electron chi connectivity index (χ2n) is 4.09. The maximum atomic E-state index is 5.18. The Bertz CT molecular complexity index is 637. The molecule has 2 heterocycles. The van der Waals surface area contributed by atoms with E-state index >= 15 is 0 Å². The first-order valence-electron chi connectivity index (χ1n) is 6.05. The summed E-state index contributed by atoms with van der Waals surface area (Å²) in [7, 11) is 0. The molecule has 94 valence electrons. The maximum absolute atomic E-state index is 5.18. The SMILES string of the molecule is c1ccc(CCc2noc(-c3cnccn3)n2)cc1. The number of benzene rings is 1. The summed E-state index contributed by atoms with van der Waals surface area (Å²) in [4.78, 5) is 12.4. The van der Waals surface area contributed by atoms with Crippen LogP contribution in [0.3, 0.4) is 0 Å². The molecule has 0 amide bonds. The lowest BCUT2D eigenvalue weighted by Gasteiger charge is -1.96. The van der Waals surface area contributed by atoms with E-state index in [1.807, 2.05) is 18.2 Å². The van der Waals surface area contributed by atoms with Gasteiger partial charge in [0, 0.05) is 18.8 Å². The van der Waals surface area contributed by atoms with Gasteiger partial charge in [-0.3, -0.25) is 4.98 Å². The molecule has 0 saturated heterocycles. The summed E-state index contributed by atoms with van der Waals surface area (Å²) in [6.45, 7) is 0. The molecular weight excluding hydrogens is 240 g/mol. The molecule has 0 atom stereocenters. The molecule has 5 heteroatoms. The van der Waals surface area contributed by atoms with Crippen molar-refractivity contribution in [3.05, 3.63) is 60.3 Å². The first-order valence-corrected chi connectivity index (χ1v) is 6.05. The summed E-state index contributed by atoms with van der Waals surface area (Å²) in [6.07, 6.45) is 6.45. The van der Waals surface area contributed by atoms with Crippen LogP contribution in [0, 0.1) is 0 Å². The molecule has 0 aliphatic carbocycles. The summed E-state index contributed by atoms with van der Waals surface area (Å²) < 4.78 is 5.18. The van der Waals surface area contributed by atoms with Crippen molar-refractivity contribution in [2.75, 3.05) is 0 Å². The number of rotatable bonds is 4. The molecule has 3 rings (SSSR count). The molecule has 5 nitrogen and oxygen atoms in total. The van der Waals surface area contributed by atoms with E-state index in [1.165, 1.54) is 5.56 Å². The molecule has 0 aliphatic rings. The Hall–Kier alpha value is -2.56. The normalized spacial score (nSPS) is 10.5. The summed E-state index contributed by atoms with van der Waals surface area (Å²) in [5, 5.41) is 3.95. The van der Waals surface area contributed by atoms with Crippen LogP contribution in [0.4, 0.5) is 0 Å². The highest BCUT2D eigenvalue weighted by molar-refractivity contribution is 5.43. The molecule has 0 unspecified atom stereocenters. The molecule has 0 spiro atoms. The van der Waals surface area contributed by atoms with Gasteiger partial charge in [-0.25, -0.2) is 4.98 Å². The zero-order chi connectivity index (χ0) is 12.9. The zero-order valence-corrected chi connectivity index (χ0v) is 10.2. The Kier molecular flexibility index (Phi) is 3.27. The van der Waals surface area contributed by atoms with E-state index in [9.17, 15) is 0 Å². The predicted molar refractivity (Wildman–Crippen MR) is 69.2 cm³/mol. The lowest BCUT2D eigenvalue weighted by Crippen LogP contribution is -1.93. The van der Waals surface area contributed by atoms with Crippen LogP contribution in [0.5, 0.6) is 0 Å². The van der Waals surface area contributed by atoms with Crippen molar-refractivity contribution in [1.82, 2.24) is 20.1 Å². The molecule has 0 aliphatic heterocycles. The monoisotopic (exact) mass is 252 g/mol. The van der Waals surface area contributed by atoms with E-state index in [-0.39, 0.29) is 0 Å². The fourth-order valence-corrected chi connectivity index (χ4v) is 1.77. The smallest absolute Gasteiger partial charge is 0.278 e. The standard InChI is InChI=1S/C14H12N4O/c1-2-4-11(5-3-1)6-7-13-17-14(19-18-13)12-10-15-8-9-16-12/h1-5,8-10H,6-7H2. The van der Waals surface area contributed by atoms with Gasteiger partial charge in [-0.15, -0.1) is 0 Å². The van der Waals surface area contributed by atoms with Crippen LogP contribution in [0.15, 0.2) is 53.4 Å². The number of nitrogens with zero attached hydrogens (tertiary/aromatic N) is 4. The first kappa shape index (κ1) is 11.5. The third-order valence-corrected chi connectivity index (χ3v) is 2.73. The molecule has 0 fully saturated rings. The Morgan fingerprint density at radius 2 is 1.89 bits per heavy atom. The van der Waals surface area contributed by atoms with Gasteiger partial charge in [0.2, 0.25) is 0 Å². The number of aromatic nitrogens is 4. The highest BCUT2D eigenvalue weighted by Crippen LogP contribution is 2.13. The molecule has 0 N–H and O–H groups in total. The molecule has 1 aromatic carbocycles. The van der Waals surface area contributed by atoms with Gasteiger partial charge in [0.05, 0.1) is 6.20 Å². The largest absolute Gasteiger partial charge is 0.332 e. The van der Waals surface area contributed by atoms with E-state index < -0.39 is 0 Å². The average Bonchev–Trinajstić information content (AvgIpc) is 2.96. The van der Waals surface area contributed by atoms with Crippen LogP contribution < -0.4 is 0 Å². The minimum atomic E-state index is 0.413. The predicted octanol–water partition coefficient (Wildman–Crippen LogP) is 2.31. The highest BCUT2D eigenvalue weighted by Gasteiger charge is 2.09. The Morgan fingerprint density at radius 1 is 1.00 bits per heavy atom. The van der Waals surface area contributed by atoms with E-state index in [2.05, 4.69) is 32.2 Å². The number of aryl methyl sites for hydroxylation is 2. The number of hydrogen-bond donors (Lipinski definition) is 0. The van der Waals surface area contributed by atoms with Gasteiger partial charge in [0.1, 0.15) is 5.69 Å². The lowest BCUT2D eigenvalue weighted by atomic mass is 10.1. The fraction of sp³-hybridized carbons (Fsp3) is 0.143. The zero-order valence-electron chi connectivity index (χ0n) is 10.2. The van der Waals surface area contributed by atoms with Crippen molar-refractivity contribution in [2.24, 2.45) is 0 Å². The van der Waals surface area contributed by atoms with E-state index in [4.69, 9.17) is 4.52 Å². The van der Waals surface area contributed by atoms with Crippen molar-refractivity contribution >= 4 is 0 Å². The Labute approximate surface area is 110 Å². The van der Waals surface area contributed by atoms with E-state index in [1.54, 1.807) is 18.6 Å². The second-order valence-corrected chi connectivity index (χ2v) is 4.09. The summed E-state index contributed by atoms with van der Waals surface area (Å²) in [5.74, 6) is 1.10. The van der Waals surface area contributed by atoms with E-state index in [0.717, 1.165) is 12.8 Å². The summed E-state index contributed by atoms with van der Waals surface area (Å²) in [5.41, 5.74) is 1.86. The molecule has 0 bridgehead atoms. The quantitative estimate of drug-likeness (QED) is 0.713. The van der Waals surface area contributed by atoms with Gasteiger partial charge in [0.25, 0.3) is 5.89 Å². The van der Waals surface area contributed by atoms with Crippen LogP contribution in [-0.4, -0.2) is 20.1 Å². The van der Waals surface area contributed by atoms with Gasteiger partial charge < -0.3 is 4.52 Å². The van der Waals surface area contributed by atoms with Crippen molar-refractivity contribution in [2.45, 2.75) is 12.8 Å². The van der Waals surface area contributed by atoms with Crippen LogP contribution in [0.2, 0.25) is 0 Å². The molecule has 2 aromatic heterocycles. The second kappa shape index (κ2) is 5.39. The highest BCUT2D eigenvalue weighted by atomic mass is 16.5. The third kappa shape index (κ3) is 2.82. The van der Waals surface area contributed by atoms with Gasteiger partial charge in [-0.05, 0) is 12.0 Å². The van der Waals surface area contributed by atoms with E-state index in [0.29, 0.717) is 17.4 Å². The molecule has 3 aromatic rings. The maximum Gasteiger partial charge on any atom is 0.278 e. The molecular formula is C14H12N4O. The molecule has 0 saturated carbocycles. The van der Waals surface area contributed by atoms with Crippen molar-refractivity contribution in [3.8, 4) is 11.6 Å². The minimum Gasteiger partial charge on any atom is -0.332 e. The van der Waals surface area contributed by atoms with Gasteiger partial charge in [-0.1, -0.05) is 35.5 Å². The van der Waals surface area contributed by atoms with Gasteiger partial charge >= 0.3 is 0 Å². The topological polar surface area (TPSA) is 64.7 Å². The minimum absolute atomic E-state index is 0.413. The average molecular weight is 252 g/mol. The van der Waals surface area contributed by atoms with Crippen LogP contribution in [0.1, 0.15) is 11.4 Å². The molecule has 19 heavy (non-hydrogen) atoms. The van der Waals surface area contributed by atoms with Crippen LogP contribution >= 0.6 is 0 Å². The first-order chi connectivity index (χ1) is 9.42. The Balaban J connectivity index is 1.69. The van der Waals surface area contributed by atoms with Crippen molar-refractivity contribution in [1.29, 1.82) is 0 Å². The summed E-state index contributed by atoms with van der Waals surface area (Å²) >= 11 is 0. The molecule has 0 radical (unpaired) electrons. The van der Waals surface area contributed by atoms with Crippen molar-refractivity contribution in [3.63, 3.8) is 0 Å². The fourth-order valence-electron chi connectivity index (χ4n) is 1.77. The van der Waals surface area contributed by atoms with Crippen LogP contribution in [-0.2, 0) is 12.8 Å².